The molecule has 0 aromatic carbocycles. The third-order valence-electron chi connectivity index (χ3n) is 5.18. The molecule has 0 spiro atoms. The molecule has 1 fully saturated rings. The van der Waals surface area contributed by atoms with Crippen molar-refractivity contribution >= 4 is 28.5 Å². The largest absolute Gasteiger partial charge is 0.444 e. The third kappa shape index (κ3) is 5.13. The zero-order valence-electron chi connectivity index (χ0n) is 18.9. The SMILES string of the molecule is CCc1ccncc1-c1cc2cc(NC3CCOC3)ncc2c(NC(=O)OC(C)(C)C)n1. The van der Waals surface area contributed by atoms with E-state index >= 15 is 0 Å². The first-order valence-electron chi connectivity index (χ1n) is 10.9. The first kappa shape index (κ1) is 22.0. The number of rotatable bonds is 5. The van der Waals surface area contributed by atoms with Gasteiger partial charge in [-0.1, -0.05) is 6.92 Å². The van der Waals surface area contributed by atoms with Gasteiger partial charge < -0.3 is 14.8 Å². The number of nitrogens with one attached hydrogen (secondary N) is 2. The molecular formula is C24H29N5O3. The number of hydrogen-bond acceptors (Lipinski definition) is 7. The molecule has 0 bridgehead atoms. The lowest BCUT2D eigenvalue weighted by Crippen LogP contribution is -2.27. The number of amides is 1. The molecule has 0 aliphatic carbocycles. The molecule has 1 amide bonds. The van der Waals surface area contributed by atoms with Gasteiger partial charge in [0.25, 0.3) is 0 Å². The molecule has 8 heteroatoms. The van der Waals surface area contributed by atoms with E-state index < -0.39 is 11.7 Å². The summed E-state index contributed by atoms with van der Waals surface area (Å²) in [6.07, 6.45) is 6.54. The van der Waals surface area contributed by atoms with E-state index in [-0.39, 0.29) is 6.04 Å². The number of carbonyl (C=O) groups excluding carboxylic acids is 1. The Bertz CT molecular complexity index is 1120. The molecule has 0 saturated carbocycles. The Morgan fingerprint density at radius 2 is 2.12 bits per heavy atom. The zero-order chi connectivity index (χ0) is 22.7. The number of carbonyl (C=O) groups is 1. The summed E-state index contributed by atoms with van der Waals surface area (Å²) in [4.78, 5) is 26.1. The van der Waals surface area contributed by atoms with Crippen molar-refractivity contribution in [3.05, 3.63) is 42.4 Å². The van der Waals surface area contributed by atoms with Crippen LogP contribution in [0.4, 0.5) is 16.4 Å². The second kappa shape index (κ2) is 9.08. The van der Waals surface area contributed by atoms with Gasteiger partial charge in [-0.05, 0) is 62.8 Å². The van der Waals surface area contributed by atoms with Crippen LogP contribution in [0.1, 0.15) is 39.7 Å². The molecule has 1 aliphatic rings. The summed E-state index contributed by atoms with van der Waals surface area (Å²) in [5.41, 5.74) is 2.18. The Hall–Kier alpha value is -3.26. The standard InChI is InChI=1S/C24H29N5O3/c1-5-15-6-8-25-12-18(15)20-10-16-11-21(27-17-7-9-31-14-17)26-13-19(16)22(28-20)29-23(30)32-24(2,3)4/h6,8,10-13,17H,5,7,9,14H2,1-4H3,(H,26,27)(H,28,29,30). The second-order valence-electron chi connectivity index (χ2n) is 8.86. The van der Waals surface area contributed by atoms with Crippen molar-refractivity contribution in [3.8, 4) is 11.3 Å². The van der Waals surface area contributed by atoms with Crippen LogP contribution in [-0.4, -0.2) is 45.9 Å². The summed E-state index contributed by atoms with van der Waals surface area (Å²) in [6.45, 7) is 8.99. The lowest BCUT2D eigenvalue weighted by molar-refractivity contribution is 0.0635. The molecular weight excluding hydrogens is 406 g/mol. The van der Waals surface area contributed by atoms with Crippen molar-refractivity contribution < 1.29 is 14.3 Å². The van der Waals surface area contributed by atoms with Crippen LogP contribution in [0.2, 0.25) is 0 Å². The van der Waals surface area contributed by atoms with Crippen molar-refractivity contribution in [2.75, 3.05) is 23.8 Å². The molecule has 1 aliphatic heterocycles. The molecule has 1 unspecified atom stereocenters. The summed E-state index contributed by atoms with van der Waals surface area (Å²) in [6, 6.07) is 6.21. The van der Waals surface area contributed by atoms with Crippen LogP contribution in [0, 0.1) is 0 Å². The van der Waals surface area contributed by atoms with Crippen molar-refractivity contribution in [2.45, 2.75) is 52.2 Å². The van der Waals surface area contributed by atoms with Crippen LogP contribution in [-0.2, 0) is 15.9 Å². The van der Waals surface area contributed by atoms with E-state index in [1.54, 1.807) is 18.6 Å². The predicted octanol–water partition coefficient (Wildman–Crippen LogP) is 4.80. The van der Waals surface area contributed by atoms with Crippen molar-refractivity contribution in [1.29, 1.82) is 0 Å². The maximum atomic E-state index is 12.5. The molecule has 3 aromatic heterocycles. The Balaban J connectivity index is 1.77. The van der Waals surface area contributed by atoms with E-state index in [9.17, 15) is 4.79 Å². The number of anilines is 2. The third-order valence-corrected chi connectivity index (χ3v) is 5.18. The Kier molecular flexibility index (Phi) is 6.23. The van der Waals surface area contributed by atoms with Crippen LogP contribution in [0.3, 0.4) is 0 Å². The zero-order valence-corrected chi connectivity index (χ0v) is 18.9. The molecule has 168 valence electrons. The molecule has 0 radical (unpaired) electrons. The lowest BCUT2D eigenvalue weighted by atomic mass is 10.0. The minimum atomic E-state index is -0.616. The minimum absolute atomic E-state index is 0.241. The van der Waals surface area contributed by atoms with Gasteiger partial charge >= 0.3 is 6.09 Å². The van der Waals surface area contributed by atoms with E-state index in [0.29, 0.717) is 12.4 Å². The predicted molar refractivity (Wildman–Crippen MR) is 125 cm³/mol. The number of fused-ring (bicyclic) bond motifs is 1. The topological polar surface area (TPSA) is 98.3 Å². The maximum Gasteiger partial charge on any atom is 0.413 e. The highest BCUT2D eigenvalue weighted by Gasteiger charge is 2.20. The van der Waals surface area contributed by atoms with Crippen LogP contribution in [0.15, 0.2) is 36.8 Å². The van der Waals surface area contributed by atoms with Crippen LogP contribution in [0.5, 0.6) is 0 Å². The maximum absolute atomic E-state index is 12.5. The number of ether oxygens (including phenoxy) is 2. The van der Waals surface area contributed by atoms with Gasteiger partial charge in [-0.15, -0.1) is 0 Å². The first-order valence-corrected chi connectivity index (χ1v) is 10.9. The minimum Gasteiger partial charge on any atom is -0.444 e. The number of pyridine rings is 3. The van der Waals surface area contributed by atoms with Gasteiger partial charge in [0.15, 0.2) is 0 Å². The smallest absolute Gasteiger partial charge is 0.413 e. The fourth-order valence-electron chi connectivity index (χ4n) is 3.68. The second-order valence-corrected chi connectivity index (χ2v) is 8.86. The highest BCUT2D eigenvalue weighted by Crippen LogP contribution is 2.31. The van der Waals surface area contributed by atoms with Gasteiger partial charge in [0, 0.05) is 36.1 Å². The van der Waals surface area contributed by atoms with Gasteiger partial charge in [0.2, 0.25) is 0 Å². The number of hydrogen-bond donors (Lipinski definition) is 2. The van der Waals surface area contributed by atoms with Gasteiger partial charge in [0.05, 0.1) is 18.3 Å². The summed E-state index contributed by atoms with van der Waals surface area (Å²) < 4.78 is 10.9. The summed E-state index contributed by atoms with van der Waals surface area (Å²) in [5.74, 6) is 1.16. The average Bonchev–Trinajstić information content (AvgIpc) is 3.25. The van der Waals surface area contributed by atoms with Crippen molar-refractivity contribution in [3.63, 3.8) is 0 Å². The fourth-order valence-corrected chi connectivity index (χ4v) is 3.68. The number of aryl methyl sites for hydroxylation is 1. The fraction of sp³-hybridized carbons (Fsp3) is 0.417. The number of nitrogens with zero attached hydrogens (tertiary/aromatic N) is 3. The summed E-state index contributed by atoms with van der Waals surface area (Å²) in [5, 5.41) is 7.87. The molecule has 32 heavy (non-hydrogen) atoms. The number of aromatic nitrogens is 3. The van der Waals surface area contributed by atoms with Crippen LogP contribution >= 0.6 is 0 Å². The monoisotopic (exact) mass is 435 g/mol. The summed E-state index contributed by atoms with van der Waals surface area (Å²) >= 11 is 0. The average molecular weight is 436 g/mol. The van der Waals surface area contributed by atoms with E-state index in [0.717, 1.165) is 52.9 Å². The Morgan fingerprint density at radius 1 is 1.28 bits per heavy atom. The van der Waals surface area contributed by atoms with Gasteiger partial charge in [-0.3, -0.25) is 10.3 Å². The Morgan fingerprint density at radius 3 is 2.84 bits per heavy atom. The summed E-state index contributed by atoms with van der Waals surface area (Å²) in [7, 11) is 0. The van der Waals surface area contributed by atoms with Gasteiger partial charge in [-0.25, -0.2) is 14.8 Å². The molecule has 1 saturated heterocycles. The molecule has 4 rings (SSSR count). The Labute approximate surface area is 187 Å². The van der Waals surface area contributed by atoms with E-state index in [1.807, 2.05) is 39.0 Å². The van der Waals surface area contributed by atoms with Gasteiger partial charge in [-0.2, -0.15) is 0 Å². The molecule has 2 N–H and O–H groups in total. The normalized spacial score (nSPS) is 16.2. The highest BCUT2D eigenvalue weighted by molar-refractivity contribution is 6.00. The quantitative estimate of drug-likeness (QED) is 0.594. The van der Waals surface area contributed by atoms with Crippen molar-refractivity contribution in [2.24, 2.45) is 0 Å². The van der Waals surface area contributed by atoms with Crippen LogP contribution in [0.25, 0.3) is 22.0 Å². The lowest BCUT2D eigenvalue weighted by Gasteiger charge is -2.20. The first-order chi connectivity index (χ1) is 15.3. The van der Waals surface area contributed by atoms with E-state index in [4.69, 9.17) is 14.5 Å². The van der Waals surface area contributed by atoms with E-state index in [1.165, 1.54) is 0 Å². The van der Waals surface area contributed by atoms with Crippen molar-refractivity contribution in [1.82, 2.24) is 15.0 Å². The van der Waals surface area contributed by atoms with Gasteiger partial charge in [0.1, 0.15) is 17.2 Å². The molecule has 4 heterocycles. The molecule has 1 atom stereocenters. The van der Waals surface area contributed by atoms with Crippen LogP contribution < -0.4 is 10.6 Å². The highest BCUT2D eigenvalue weighted by atomic mass is 16.6. The molecule has 3 aromatic rings. The molecule has 8 nitrogen and oxygen atoms in total. The van der Waals surface area contributed by atoms with E-state index in [2.05, 4.69) is 27.5 Å².